The monoisotopic (exact) mass is 317 g/mol. The molecule has 1 aliphatic heterocycles. The van der Waals surface area contributed by atoms with Crippen LogP contribution in [0.1, 0.15) is 25.3 Å². The van der Waals surface area contributed by atoms with Crippen molar-refractivity contribution in [3.05, 3.63) is 23.5 Å². The van der Waals surface area contributed by atoms with Crippen LogP contribution in [0.25, 0.3) is 0 Å². The smallest absolute Gasteiger partial charge is 0.212 e. The van der Waals surface area contributed by atoms with Gasteiger partial charge in [-0.25, -0.2) is 12.8 Å². The first kappa shape index (κ1) is 16.2. The van der Waals surface area contributed by atoms with E-state index in [2.05, 4.69) is 12.2 Å². The maximum Gasteiger partial charge on any atom is 0.212 e. The van der Waals surface area contributed by atoms with Crippen LogP contribution >= 0.6 is 0 Å². The molecule has 0 saturated carbocycles. The molecule has 1 unspecified atom stereocenters. The highest BCUT2D eigenvalue weighted by Gasteiger charge is 2.25. The van der Waals surface area contributed by atoms with Crippen LogP contribution < -0.4 is 10.1 Å². The van der Waals surface area contributed by atoms with E-state index in [4.69, 9.17) is 9.47 Å². The number of hydrogen-bond acceptors (Lipinski definition) is 5. The number of unbranched alkanes of at least 4 members (excludes halogenated alkanes) is 1. The van der Waals surface area contributed by atoms with Crippen LogP contribution in [0.2, 0.25) is 0 Å². The molecule has 21 heavy (non-hydrogen) atoms. The van der Waals surface area contributed by atoms with Gasteiger partial charge in [0.15, 0.2) is 9.84 Å². The average Bonchev–Trinajstić information content (AvgIpc) is 2.42. The zero-order valence-electron chi connectivity index (χ0n) is 12.2. The Morgan fingerprint density at radius 2 is 2.19 bits per heavy atom. The standard InChI is InChI=1S/C14H20FNO4S/c1-3-4-5-16-8-14-19-9-11-12(15)6-10(21(2,17)18)7-13(11)20-14/h6-7,14,16H,3-5,8-9H2,1-2H3. The number of ether oxygens (including phenoxy) is 2. The predicted octanol–water partition coefficient (Wildman–Crippen LogP) is 1.85. The van der Waals surface area contributed by atoms with Crippen LogP contribution in [0, 0.1) is 5.82 Å². The van der Waals surface area contributed by atoms with Crippen molar-refractivity contribution >= 4 is 9.84 Å². The first-order valence-corrected chi connectivity index (χ1v) is 8.82. The first-order chi connectivity index (χ1) is 9.91. The Labute approximate surface area is 124 Å². The molecule has 5 nitrogen and oxygen atoms in total. The summed E-state index contributed by atoms with van der Waals surface area (Å²) < 4.78 is 47.9. The highest BCUT2D eigenvalue weighted by Crippen LogP contribution is 2.31. The van der Waals surface area contributed by atoms with Crippen LogP contribution in [-0.4, -0.2) is 34.1 Å². The Balaban J connectivity index is 2.10. The predicted molar refractivity (Wildman–Crippen MR) is 76.5 cm³/mol. The Kier molecular flexibility index (Phi) is 5.18. The Morgan fingerprint density at radius 1 is 1.43 bits per heavy atom. The Hall–Kier alpha value is -1.18. The summed E-state index contributed by atoms with van der Waals surface area (Å²) in [5.41, 5.74) is 0.257. The van der Waals surface area contributed by atoms with Gasteiger partial charge in [0.1, 0.15) is 11.6 Å². The van der Waals surface area contributed by atoms with Gasteiger partial charge in [-0.05, 0) is 25.1 Å². The molecule has 0 saturated heterocycles. The number of halogens is 1. The van der Waals surface area contributed by atoms with E-state index in [9.17, 15) is 12.8 Å². The molecule has 1 aliphatic rings. The minimum atomic E-state index is -3.48. The maximum absolute atomic E-state index is 13.9. The molecular formula is C14H20FNO4S. The molecule has 2 rings (SSSR count). The van der Waals surface area contributed by atoms with Crippen molar-refractivity contribution in [1.82, 2.24) is 5.32 Å². The summed E-state index contributed by atoms with van der Waals surface area (Å²) in [5.74, 6) is -0.380. The van der Waals surface area contributed by atoms with Crippen molar-refractivity contribution in [2.24, 2.45) is 0 Å². The topological polar surface area (TPSA) is 64.6 Å². The van der Waals surface area contributed by atoms with Crippen LogP contribution in [0.15, 0.2) is 17.0 Å². The van der Waals surface area contributed by atoms with Crippen LogP contribution in [0.4, 0.5) is 4.39 Å². The molecule has 118 valence electrons. The molecule has 0 spiro atoms. The fourth-order valence-electron chi connectivity index (χ4n) is 2.02. The van der Waals surface area contributed by atoms with Gasteiger partial charge in [-0.3, -0.25) is 0 Å². The molecule has 1 N–H and O–H groups in total. The lowest BCUT2D eigenvalue weighted by atomic mass is 10.2. The lowest BCUT2D eigenvalue weighted by molar-refractivity contribution is -0.106. The summed E-state index contributed by atoms with van der Waals surface area (Å²) in [5, 5.41) is 3.18. The summed E-state index contributed by atoms with van der Waals surface area (Å²) >= 11 is 0. The number of sulfone groups is 1. The second-order valence-corrected chi connectivity index (χ2v) is 7.09. The summed E-state index contributed by atoms with van der Waals surface area (Å²) in [6, 6.07) is 2.36. The van der Waals surface area contributed by atoms with E-state index in [-0.39, 0.29) is 22.8 Å². The SMILES string of the molecule is CCCCNCC1OCc2c(F)cc(S(C)(=O)=O)cc2O1. The van der Waals surface area contributed by atoms with Crippen molar-refractivity contribution in [3.63, 3.8) is 0 Å². The van der Waals surface area contributed by atoms with Gasteiger partial charge in [0, 0.05) is 6.26 Å². The van der Waals surface area contributed by atoms with Crippen LogP contribution in [0.3, 0.4) is 0 Å². The molecule has 7 heteroatoms. The highest BCUT2D eigenvalue weighted by atomic mass is 32.2. The highest BCUT2D eigenvalue weighted by molar-refractivity contribution is 7.90. The van der Waals surface area contributed by atoms with Crippen molar-refractivity contribution in [2.45, 2.75) is 37.6 Å². The Morgan fingerprint density at radius 3 is 2.86 bits per heavy atom. The van der Waals surface area contributed by atoms with Gasteiger partial charge in [0.25, 0.3) is 0 Å². The lowest BCUT2D eigenvalue weighted by Gasteiger charge is -2.27. The molecule has 0 aromatic heterocycles. The van der Waals surface area contributed by atoms with Gasteiger partial charge >= 0.3 is 0 Å². The van der Waals surface area contributed by atoms with E-state index >= 15 is 0 Å². The largest absolute Gasteiger partial charge is 0.463 e. The van der Waals surface area contributed by atoms with Gasteiger partial charge in [-0.2, -0.15) is 0 Å². The molecule has 0 bridgehead atoms. The zero-order chi connectivity index (χ0) is 15.5. The molecule has 0 radical (unpaired) electrons. The third-order valence-corrected chi connectivity index (χ3v) is 4.34. The molecule has 0 aliphatic carbocycles. The fraction of sp³-hybridized carbons (Fsp3) is 0.571. The minimum absolute atomic E-state index is 0.0747. The van der Waals surface area contributed by atoms with Crippen molar-refractivity contribution in [2.75, 3.05) is 19.3 Å². The molecular weight excluding hydrogens is 297 g/mol. The van der Waals surface area contributed by atoms with Crippen molar-refractivity contribution in [1.29, 1.82) is 0 Å². The summed E-state index contributed by atoms with van der Waals surface area (Å²) in [7, 11) is -3.48. The normalized spacial score (nSPS) is 18.1. The van der Waals surface area contributed by atoms with Crippen molar-refractivity contribution in [3.8, 4) is 5.75 Å². The Bertz CT molecular complexity index is 603. The third-order valence-electron chi connectivity index (χ3n) is 3.25. The first-order valence-electron chi connectivity index (χ1n) is 6.93. The van der Waals surface area contributed by atoms with Gasteiger partial charge in [-0.15, -0.1) is 0 Å². The van der Waals surface area contributed by atoms with Crippen LogP contribution in [0.5, 0.6) is 5.75 Å². The van der Waals surface area contributed by atoms with Crippen molar-refractivity contribution < 1.29 is 22.3 Å². The lowest BCUT2D eigenvalue weighted by Crippen LogP contribution is -2.36. The van der Waals surface area contributed by atoms with E-state index < -0.39 is 21.9 Å². The van der Waals surface area contributed by atoms with E-state index in [1.165, 1.54) is 6.07 Å². The van der Waals surface area contributed by atoms with E-state index in [1.54, 1.807) is 0 Å². The van der Waals surface area contributed by atoms with Gasteiger partial charge in [0.05, 0.1) is 23.6 Å². The minimum Gasteiger partial charge on any atom is -0.463 e. The average molecular weight is 317 g/mol. The second kappa shape index (κ2) is 6.72. The van der Waals surface area contributed by atoms with Gasteiger partial charge in [-0.1, -0.05) is 13.3 Å². The fourth-order valence-corrected chi connectivity index (χ4v) is 2.66. The summed E-state index contributed by atoms with van der Waals surface area (Å²) in [6.07, 6.45) is 2.64. The molecule has 1 aromatic carbocycles. The number of rotatable bonds is 6. The number of hydrogen-bond donors (Lipinski definition) is 1. The zero-order valence-corrected chi connectivity index (χ0v) is 13.0. The second-order valence-electron chi connectivity index (χ2n) is 5.07. The molecule has 1 atom stereocenters. The van der Waals surface area contributed by atoms with Gasteiger partial charge in [0.2, 0.25) is 6.29 Å². The third kappa shape index (κ3) is 4.15. The number of nitrogens with one attached hydrogen (secondary N) is 1. The summed E-state index contributed by atoms with van der Waals surface area (Å²) in [6.45, 7) is 3.50. The molecule has 1 heterocycles. The van der Waals surface area contributed by atoms with Crippen LogP contribution in [-0.2, 0) is 21.2 Å². The molecule has 0 fully saturated rings. The van der Waals surface area contributed by atoms with Gasteiger partial charge < -0.3 is 14.8 Å². The van der Waals surface area contributed by atoms with E-state index in [1.807, 2.05) is 0 Å². The quantitative estimate of drug-likeness (QED) is 0.811. The molecule has 0 amide bonds. The molecule has 1 aromatic rings. The number of benzene rings is 1. The maximum atomic E-state index is 13.9. The number of fused-ring (bicyclic) bond motifs is 1. The summed E-state index contributed by atoms with van der Waals surface area (Å²) in [4.78, 5) is -0.0849. The van der Waals surface area contributed by atoms with E-state index in [0.29, 0.717) is 6.54 Å². The van der Waals surface area contributed by atoms with E-state index in [0.717, 1.165) is 31.7 Å².